The second kappa shape index (κ2) is 8.31. The van der Waals surface area contributed by atoms with Crippen LogP contribution in [0.25, 0.3) is 0 Å². The summed E-state index contributed by atoms with van der Waals surface area (Å²) >= 11 is 2.28. The number of hydrogen-bond donors (Lipinski definition) is 0. The second-order valence-corrected chi connectivity index (χ2v) is 8.38. The Bertz CT molecular complexity index is 799. The van der Waals surface area contributed by atoms with Crippen molar-refractivity contribution in [3.05, 3.63) is 56.7 Å². The van der Waals surface area contributed by atoms with Crippen LogP contribution >= 0.6 is 22.6 Å². The van der Waals surface area contributed by atoms with Crippen LogP contribution in [-0.4, -0.2) is 22.1 Å². The molecule has 6 heteroatoms. The zero-order valence-electron chi connectivity index (χ0n) is 14.0. The van der Waals surface area contributed by atoms with E-state index in [9.17, 15) is 8.42 Å². The zero-order chi connectivity index (χ0) is 17.7. The van der Waals surface area contributed by atoms with E-state index < -0.39 is 10.1 Å². The van der Waals surface area contributed by atoms with E-state index in [1.54, 1.807) is 31.4 Å². The van der Waals surface area contributed by atoms with Gasteiger partial charge in [0, 0.05) is 3.57 Å². The zero-order valence-corrected chi connectivity index (χ0v) is 17.0. The van der Waals surface area contributed by atoms with Gasteiger partial charge in [-0.2, -0.15) is 8.42 Å². The highest BCUT2D eigenvalue weighted by Crippen LogP contribution is 2.25. The van der Waals surface area contributed by atoms with Crippen molar-refractivity contribution in [2.45, 2.75) is 31.6 Å². The molecule has 0 fully saturated rings. The van der Waals surface area contributed by atoms with Gasteiger partial charge in [-0.25, -0.2) is 0 Å². The molecule has 0 heterocycles. The van der Waals surface area contributed by atoms with Gasteiger partial charge in [-0.05, 0) is 84.7 Å². The lowest BCUT2D eigenvalue weighted by Crippen LogP contribution is -2.08. The lowest BCUT2D eigenvalue weighted by atomic mass is 10.1. The van der Waals surface area contributed by atoms with Gasteiger partial charge in [-0.3, -0.25) is 4.18 Å². The van der Waals surface area contributed by atoms with E-state index in [2.05, 4.69) is 28.7 Å². The maximum absolute atomic E-state index is 12.1. The van der Waals surface area contributed by atoms with E-state index in [0.717, 1.165) is 32.4 Å². The summed E-state index contributed by atoms with van der Waals surface area (Å²) in [6.45, 7) is 4.07. The van der Waals surface area contributed by atoms with Crippen molar-refractivity contribution in [1.82, 2.24) is 0 Å². The first-order chi connectivity index (χ1) is 11.3. The predicted molar refractivity (Wildman–Crippen MR) is 103 cm³/mol. The van der Waals surface area contributed by atoms with Crippen LogP contribution in [0.5, 0.6) is 5.75 Å². The maximum Gasteiger partial charge on any atom is 0.296 e. The summed E-state index contributed by atoms with van der Waals surface area (Å²) in [6, 6.07) is 10.7. The highest BCUT2D eigenvalue weighted by atomic mass is 127. The number of ether oxygens (including phenoxy) is 1. The Hall–Kier alpha value is -1.12. The summed E-state index contributed by atoms with van der Waals surface area (Å²) < 4.78 is 35.9. The number of benzene rings is 2. The van der Waals surface area contributed by atoms with Crippen molar-refractivity contribution < 1.29 is 17.3 Å². The van der Waals surface area contributed by atoms with Crippen LogP contribution in [0.2, 0.25) is 0 Å². The number of aryl methyl sites for hydroxylation is 3. The van der Waals surface area contributed by atoms with Crippen LogP contribution in [0, 0.1) is 17.4 Å². The Morgan fingerprint density at radius 1 is 1.08 bits per heavy atom. The number of methoxy groups -OCH3 is 1. The van der Waals surface area contributed by atoms with Gasteiger partial charge in [-0.1, -0.05) is 17.7 Å². The Balaban J connectivity index is 1.94. The quantitative estimate of drug-likeness (QED) is 0.352. The van der Waals surface area contributed by atoms with Crippen molar-refractivity contribution in [1.29, 1.82) is 0 Å². The molecule has 0 radical (unpaired) electrons. The molecule has 0 saturated carbocycles. The average Bonchev–Trinajstić information content (AvgIpc) is 2.53. The third kappa shape index (κ3) is 4.94. The molecular weight excluding hydrogens is 439 g/mol. The molecule has 0 aliphatic heterocycles. The van der Waals surface area contributed by atoms with Gasteiger partial charge in [0.15, 0.2) is 0 Å². The standard InChI is InChI=1S/C18H21IO4S/c1-13-6-8-16(9-7-13)24(20,21)23-10-4-5-15-12-18(22-3)14(2)11-17(15)19/h6-9,11-12H,4-5,10H2,1-3H3. The minimum Gasteiger partial charge on any atom is -0.496 e. The van der Waals surface area contributed by atoms with Gasteiger partial charge in [0.25, 0.3) is 10.1 Å². The van der Waals surface area contributed by atoms with Gasteiger partial charge in [0.1, 0.15) is 5.75 Å². The second-order valence-electron chi connectivity index (χ2n) is 5.61. The fourth-order valence-electron chi connectivity index (χ4n) is 2.31. The molecule has 24 heavy (non-hydrogen) atoms. The Kier molecular flexibility index (Phi) is 6.65. The van der Waals surface area contributed by atoms with Crippen LogP contribution in [0.4, 0.5) is 0 Å². The summed E-state index contributed by atoms with van der Waals surface area (Å²) in [7, 11) is -2.04. The van der Waals surface area contributed by atoms with E-state index in [0.29, 0.717) is 6.42 Å². The van der Waals surface area contributed by atoms with E-state index in [1.807, 2.05) is 19.9 Å². The Morgan fingerprint density at radius 2 is 1.75 bits per heavy atom. The van der Waals surface area contributed by atoms with Crippen LogP contribution < -0.4 is 4.74 Å². The molecule has 0 saturated heterocycles. The third-order valence-corrected chi connectivity index (χ3v) is 6.03. The summed E-state index contributed by atoms with van der Waals surface area (Å²) in [5.74, 6) is 0.846. The fraction of sp³-hybridized carbons (Fsp3) is 0.333. The Labute approximate surface area is 157 Å². The molecule has 0 bridgehead atoms. The molecule has 2 rings (SSSR count). The summed E-state index contributed by atoms with van der Waals surface area (Å²) in [6.07, 6.45) is 1.35. The van der Waals surface area contributed by atoms with E-state index >= 15 is 0 Å². The normalized spacial score (nSPS) is 11.5. The van der Waals surface area contributed by atoms with Crippen molar-refractivity contribution in [3.8, 4) is 5.75 Å². The van der Waals surface area contributed by atoms with Crippen molar-refractivity contribution in [2.24, 2.45) is 0 Å². The SMILES string of the molecule is COc1cc(CCCOS(=O)(=O)c2ccc(C)cc2)c(I)cc1C. The molecule has 0 unspecified atom stereocenters. The first kappa shape index (κ1) is 19.2. The number of halogens is 1. The summed E-state index contributed by atoms with van der Waals surface area (Å²) in [4.78, 5) is 0.194. The molecule has 0 aromatic heterocycles. The van der Waals surface area contributed by atoms with E-state index in [4.69, 9.17) is 8.92 Å². The van der Waals surface area contributed by atoms with E-state index in [1.165, 1.54) is 0 Å². The third-order valence-electron chi connectivity index (χ3n) is 3.70. The van der Waals surface area contributed by atoms with Crippen molar-refractivity contribution in [2.75, 3.05) is 13.7 Å². The monoisotopic (exact) mass is 460 g/mol. The summed E-state index contributed by atoms with van der Waals surface area (Å²) in [5, 5.41) is 0. The minimum atomic E-state index is -3.69. The van der Waals surface area contributed by atoms with Gasteiger partial charge >= 0.3 is 0 Å². The minimum absolute atomic E-state index is 0.155. The first-order valence-corrected chi connectivity index (χ1v) is 10.1. The lowest BCUT2D eigenvalue weighted by molar-refractivity contribution is 0.312. The molecule has 4 nitrogen and oxygen atoms in total. The fourth-order valence-corrected chi connectivity index (χ4v) is 4.15. The van der Waals surface area contributed by atoms with Gasteiger partial charge in [-0.15, -0.1) is 0 Å². The van der Waals surface area contributed by atoms with Gasteiger partial charge in [0.05, 0.1) is 18.6 Å². The molecule has 0 atom stereocenters. The molecule has 130 valence electrons. The molecular formula is C18H21IO4S. The topological polar surface area (TPSA) is 52.6 Å². The highest BCUT2D eigenvalue weighted by Gasteiger charge is 2.14. The number of hydrogen-bond acceptors (Lipinski definition) is 4. The predicted octanol–water partition coefficient (Wildman–Crippen LogP) is 4.25. The maximum atomic E-state index is 12.1. The van der Waals surface area contributed by atoms with Crippen molar-refractivity contribution in [3.63, 3.8) is 0 Å². The molecule has 0 aliphatic carbocycles. The van der Waals surface area contributed by atoms with Crippen LogP contribution in [0.15, 0.2) is 41.3 Å². The largest absolute Gasteiger partial charge is 0.496 e. The van der Waals surface area contributed by atoms with Crippen LogP contribution in [0.3, 0.4) is 0 Å². The van der Waals surface area contributed by atoms with Crippen LogP contribution in [-0.2, 0) is 20.7 Å². The molecule has 0 spiro atoms. The summed E-state index contributed by atoms with van der Waals surface area (Å²) in [5.41, 5.74) is 3.23. The molecule has 2 aromatic carbocycles. The molecule has 0 aliphatic rings. The average molecular weight is 460 g/mol. The smallest absolute Gasteiger partial charge is 0.296 e. The van der Waals surface area contributed by atoms with Crippen molar-refractivity contribution >= 4 is 32.7 Å². The molecule has 0 N–H and O–H groups in total. The molecule has 2 aromatic rings. The lowest BCUT2D eigenvalue weighted by Gasteiger charge is -2.11. The number of rotatable bonds is 7. The Morgan fingerprint density at radius 3 is 2.38 bits per heavy atom. The first-order valence-electron chi connectivity index (χ1n) is 7.62. The van der Waals surface area contributed by atoms with Gasteiger partial charge < -0.3 is 4.74 Å². The molecule has 0 amide bonds. The van der Waals surface area contributed by atoms with Gasteiger partial charge in [0.2, 0.25) is 0 Å². The van der Waals surface area contributed by atoms with Crippen LogP contribution in [0.1, 0.15) is 23.1 Å². The van der Waals surface area contributed by atoms with E-state index in [-0.39, 0.29) is 11.5 Å². The highest BCUT2D eigenvalue weighted by molar-refractivity contribution is 14.1.